The van der Waals surface area contributed by atoms with Crippen LogP contribution in [0.1, 0.15) is 59.8 Å². The van der Waals surface area contributed by atoms with Gasteiger partial charge in [0, 0.05) is 23.2 Å². The van der Waals surface area contributed by atoms with Crippen molar-refractivity contribution >= 4 is 22.7 Å². The lowest BCUT2D eigenvalue weighted by Gasteiger charge is -2.33. The van der Waals surface area contributed by atoms with Crippen LogP contribution in [-0.4, -0.2) is 41.0 Å². The molecule has 3 heterocycles. The largest absolute Gasteiger partial charge is 0.486 e. The molecule has 6 rings (SSSR count). The minimum atomic E-state index is -0.887. The Kier molecular flexibility index (Phi) is 7.17. The highest BCUT2D eigenvalue weighted by molar-refractivity contribution is 5.99. The third-order valence-corrected chi connectivity index (χ3v) is 7.41. The molecule has 1 atom stereocenters. The average Bonchev–Trinajstić information content (AvgIpc) is 3.50. The molecule has 0 bridgehead atoms. The molecule has 2 aromatic heterocycles. The van der Waals surface area contributed by atoms with Crippen molar-refractivity contribution in [2.24, 2.45) is 0 Å². The molecule has 8 heteroatoms. The Balaban J connectivity index is 1.42. The number of fused-ring (bicyclic) bond motifs is 2. The van der Waals surface area contributed by atoms with E-state index in [9.17, 15) is 9.59 Å². The highest BCUT2D eigenvalue weighted by atomic mass is 16.6. The van der Waals surface area contributed by atoms with Crippen LogP contribution in [0.3, 0.4) is 0 Å². The minimum Gasteiger partial charge on any atom is -0.486 e. The SMILES string of the molecule is O=C(NC1CCCCC1)[C@@H](c1ccc2ncccc2c1)N(Cc1ccco1)C(=O)c1ccc2c(c1)OCCO2. The number of hydrogen-bond donors (Lipinski definition) is 1. The number of pyridine rings is 1. The molecule has 0 spiro atoms. The normalized spacial score (nSPS) is 16.0. The summed E-state index contributed by atoms with van der Waals surface area (Å²) in [5.74, 6) is 1.19. The molecule has 1 aliphatic heterocycles. The molecule has 0 unspecified atom stereocenters. The monoisotopic (exact) mass is 525 g/mol. The first-order valence-electron chi connectivity index (χ1n) is 13.5. The van der Waals surface area contributed by atoms with Crippen LogP contribution < -0.4 is 14.8 Å². The molecule has 0 saturated heterocycles. The molecule has 8 nitrogen and oxygen atoms in total. The number of amides is 2. The number of carbonyl (C=O) groups is 2. The van der Waals surface area contributed by atoms with E-state index in [2.05, 4.69) is 10.3 Å². The standard InChI is InChI=1S/C31H31N3O5/c35-30(33-24-7-2-1-3-8-24)29(22-10-12-26-21(18-22)6-4-14-32-26)34(20-25-9-5-15-37-25)31(36)23-11-13-27-28(19-23)39-17-16-38-27/h4-6,9-15,18-19,24,29H,1-3,7-8,16-17,20H2,(H,33,35)/t29-/m1/s1. The van der Waals surface area contributed by atoms with E-state index in [1.807, 2.05) is 36.4 Å². The molecule has 1 saturated carbocycles. The first-order valence-corrected chi connectivity index (χ1v) is 13.5. The van der Waals surface area contributed by atoms with Gasteiger partial charge in [-0.15, -0.1) is 0 Å². The summed E-state index contributed by atoms with van der Waals surface area (Å²) in [7, 11) is 0. The number of nitrogens with zero attached hydrogens (tertiary/aromatic N) is 2. The number of ether oxygens (including phenoxy) is 2. The summed E-state index contributed by atoms with van der Waals surface area (Å²) < 4.78 is 17.0. The fourth-order valence-corrected chi connectivity index (χ4v) is 5.46. The van der Waals surface area contributed by atoms with E-state index >= 15 is 0 Å². The van der Waals surface area contributed by atoms with Crippen molar-refractivity contribution in [3.63, 3.8) is 0 Å². The van der Waals surface area contributed by atoms with E-state index in [1.165, 1.54) is 6.42 Å². The van der Waals surface area contributed by atoms with Crippen molar-refractivity contribution < 1.29 is 23.5 Å². The lowest BCUT2D eigenvalue weighted by Crippen LogP contribution is -2.46. The fraction of sp³-hybridized carbons (Fsp3) is 0.323. The van der Waals surface area contributed by atoms with Crippen molar-refractivity contribution in [3.05, 3.63) is 90.0 Å². The first kappa shape index (κ1) is 25.0. The predicted molar refractivity (Wildman–Crippen MR) is 146 cm³/mol. The number of rotatable bonds is 7. The van der Waals surface area contributed by atoms with Gasteiger partial charge in [-0.25, -0.2) is 0 Å². The van der Waals surface area contributed by atoms with Gasteiger partial charge in [0.25, 0.3) is 5.91 Å². The van der Waals surface area contributed by atoms with Gasteiger partial charge in [0.05, 0.1) is 18.3 Å². The van der Waals surface area contributed by atoms with Gasteiger partial charge in [-0.05, 0) is 66.9 Å². The molecule has 0 radical (unpaired) electrons. The molecule has 2 aromatic carbocycles. The minimum absolute atomic E-state index is 0.0886. The van der Waals surface area contributed by atoms with Gasteiger partial charge in [0.15, 0.2) is 11.5 Å². The maximum Gasteiger partial charge on any atom is 0.255 e. The predicted octanol–water partition coefficient (Wildman–Crippen LogP) is 5.43. The van der Waals surface area contributed by atoms with Gasteiger partial charge in [-0.1, -0.05) is 31.4 Å². The van der Waals surface area contributed by atoms with E-state index in [0.717, 1.165) is 36.6 Å². The number of furan rings is 1. The van der Waals surface area contributed by atoms with Crippen molar-refractivity contribution in [3.8, 4) is 11.5 Å². The van der Waals surface area contributed by atoms with Gasteiger partial charge in [0.2, 0.25) is 5.91 Å². The third-order valence-electron chi connectivity index (χ3n) is 7.41. The summed E-state index contributed by atoms with van der Waals surface area (Å²) in [6, 6.07) is 17.5. The Hall–Kier alpha value is -4.33. The van der Waals surface area contributed by atoms with Crippen LogP contribution >= 0.6 is 0 Å². The zero-order valence-electron chi connectivity index (χ0n) is 21.7. The van der Waals surface area contributed by atoms with Crippen LogP contribution in [0.4, 0.5) is 0 Å². The quantitative estimate of drug-likeness (QED) is 0.346. The molecule has 2 aliphatic rings. The van der Waals surface area contributed by atoms with Gasteiger partial charge >= 0.3 is 0 Å². The van der Waals surface area contributed by atoms with Crippen molar-refractivity contribution in [1.29, 1.82) is 0 Å². The molecule has 1 aliphatic carbocycles. The highest BCUT2D eigenvalue weighted by Crippen LogP contribution is 2.34. The molecular weight excluding hydrogens is 494 g/mol. The summed E-state index contributed by atoms with van der Waals surface area (Å²) in [4.78, 5) is 34.3. The smallest absolute Gasteiger partial charge is 0.255 e. The fourth-order valence-electron chi connectivity index (χ4n) is 5.46. The maximum absolute atomic E-state index is 14.2. The number of benzene rings is 2. The summed E-state index contributed by atoms with van der Waals surface area (Å²) >= 11 is 0. The molecule has 4 aromatic rings. The van der Waals surface area contributed by atoms with Crippen molar-refractivity contribution in [2.45, 2.75) is 50.7 Å². The van der Waals surface area contributed by atoms with Crippen LogP contribution in [-0.2, 0) is 11.3 Å². The Morgan fingerprint density at radius 2 is 1.79 bits per heavy atom. The number of nitrogens with one attached hydrogen (secondary N) is 1. The number of aromatic nitrogens is 1. The van der Waals surface area contributed by atoms with E-state index in [-0.39, 0.29) is 24.4 Å². The summed E-state index contributed by atoms with van der Waals surface area (Å²) in [6.45, 7) is 0.998. The highest BCUT2D eigenvalue weighted by Gasteiger charge is 2.35. The Morgan fingerprint density at radius 1 is 0.949 bits per heavy atom. The molecule has 2 amide bonds. The Bertz CT molecular complexity index is 1460. The number of carbonyl (C=O) groups excluding carboxylic acids is 2. The van der Waals surface area contributed by atoms with Gasteiger partial charge in [-0.3, -0.25) is 14.6 Å². The van der Waals surface area contributed by atoms with Crippen LogP contribution in [0.15, 0.2) is 77.5 Å². The summed E-state index contributed by atoms with van der Waals surface area (Å²) in [5.41, 5.74) is 1.94. The van der Waals surface area contributed by atoms with Crippen LogP contribution in [0, 0.1) is 0 Å². The molecule has 200 valence electrons. The van der Waals surface area contributed by atoms with Crippen LogP contribution in [0.2, 0.25) is 0 Å². The van der Waals surface area contributed by atoms with E-state index in [4.69, 9.17) is 13.9 Å². The molecule has 1 fully saturated rings. The zero-order valence-corrected chi connectivity index (χ0v) is 21.7. The van der Waals surface area contributed by atoms with Gasteiger partial charge < -0.3 is 24.1 Å². The van der Waals surface area contributed by atoms with Crippen LogP contribution in [0.5, 0.6) is 11.5 Å². The zero-order chi connectivity index (χ0) is 26.6. The lowest BCUT2D eigenvalue weighted by molar-refractivity contribution is -0.127. The third kappa shape index (κ3) is 5.46. The Morgan fingerprint density at radius 3 is 2.62 bits per heavy atom. The summed E-state index contributed by atoms with van der Waals surface area (Å²) in [5, 5.41) is 4.16. The molecule has 39 heavy (non-hydrogen) atoms. The van der Waals surface area contributed by atoms with E-state index in [0.29, 0.717) is 41.6 Å². The second kappa shape index (κ2) is 11.2. The Labute approximate surface area is 226 Å². The second-order valence-corrected chi connectivity index (χ2v) is 10.1. The first-order chi connectivity index (χ1) is 19.2. The maximum atomic E-state index is 14.2. The van der Waals surface area contributed by atoms with Crippen molar-refractivity contribution in [2.75, 3.05) is 13.2 Å². The molecule has 1 N–H and O–H groups in total. The topological polar surface area (TPSA) is 93.9 Å². The summed E-state index contributed by atoms with van der Waals surface area (Å²) in [6.07, 6.45) is 8.54. The average molecular weight is 526 g/mol. The van der Waals surface area contributed by atoms with Gasteiger partial charge in [-0.2, -0.15) is 0 Å². The van der Waals surface area contributed by atoms with Crippen molar-refractivity contribution in [1.82, 2.24) is 15.2 Å². The lowest BCUT2D eigenvalue weighted by atomic mass is 9.94. The second-order valence-electron chi connectivity index (χ2n) is 10.1. The van der Waals surface area contributed by atoms with Gasteiger partial charge in [0.1, 0.15) is 25.0 Å². The number of hydrogen-bond acceptors (Lipinski definition) is 6. The molecular formula is C31H31N3O5. The van der Waals surface area contributed by atoms with Crippen LogP contribution in [0.25, 0.3) is 10.9 Å². The van der Waals surface area contributed by atoms with E-state index in [1.54, 1.807) is 41.6 Å². The van der Waals surface area contributed by atoms with E-state index < -0.39 is 6.04 Å².